The van der Waals surface area contributed by atoms with E-state index in [1.165, 1.54) is 30.5 Å². The van der Waals surface area contributed by atoms with Gasteiger partial charge in [-0.25, -0.2) is 4.98 Å². The van der Waals surface area contributed by atoms with Crippen molar-refractivity contribution in [2.75, 3.05) is 11.9 Å². The van der Waals surface area contributed by atoms with Crippen molar-refractivity contribution in [1.82, 2.24) is 14.8 Å². The molecule has 1 radical (unpaired) electrons. The number of benzene rings is 1. The minimum atomic E-state index is -0.0788. The third kappa shape index (κ3) is 6.87. The van der Waals surface area contributed by atoms with Crippen LogP contribution < -0.4 is 10.6 Å². The number of thiazole rings is 1. The van der Waals surface area contributed by atoms with Crippen LogP contribution in [0.2, 0.25) is 6.82 Å². The highest BCUT2D eigenvalue weighted by molar-refractivity contribution is 7.14. The highest BCUT2D eigenvalue weighted by Gasteiger charge is 2.25. The molecule has 1 aromatic carbocycles. The lowest BCUT2D eigenvalue weighted by molar-refractivity contribution is 0.0957. The molecule has 2 heterocycles. The normalized spacial score (nSPS) is 15.2. The van der Waals surface area contributed by atoms with E-state index in [2.05, 4.69) is 52.7 Å². The Labute approximate surface area is 235 Å². The summed E-state index contributed by atoms with van der Waals surface area (Å²) in [6, 6.07) is 10.1. The van der Waals surface area contributed by atoms with Crippen LogP contribution in [0.3, 0.4) is 0 Å². The summed E-state index contributed by atoms with van der Waals surface area (Å²) in [4.78, 5) is 22.2. The molecule has 2 saturated carbocycles. The number of aromatic nitrogens is 2. The molecule has 2 N–H and O–H groups in total. The average Bonchev–Trinajstić information content (AvgIpc) is 3.45. The van der Waals surface area contributed by atoms with Crippen molar-refractivity contribution in [3.8, 4) is 11.3 Å². The van der Waals surface area contributed by atoms with Gasteiger partial charge in [-0.1, -0.05) is 38.5 Å². The van der Waals surface area contributed by atoms with Gasteiger partial charge in [-0.15, -0.1) is 11.3 Å². The number of hydrogen-bond donors (Lipinski definition) is 2. The highest BCUT2D eigenvalue weighted by atomic mass is 32.1. The predicted molar refractivity (Wildman–Crippen MR) is 164 cm³/mol. The van der Waals surface area contributed by atoms with E-state index < -0.39 is 0 Å². The van der Waals surface area contributed by atoms with Crippen molar-refractivity contribution >= 4 is 41.1 Å². The summed E-state index contributed by atoms with van der Waals surface area (Å²) >= 11 is 1.57. The second-order valence-corrected chi connectivity index (χ2v) is 10.9. The van der Waals surface area contributed by atoms with Crippen molar-refractivity contribution in [2.24, 2.45) is 10.9 Å². The third-order valence-corrected chi connectivity index (χ3v) is 8.06. The van der Waals surface area contributed by atoms with Crippen LogP contribution in [0.5, 0.6) is 0 Å². The maximum Gasteiger partial charge on any atom is 0.253 e. The molecule has 0 atom stereocenters. The van der Waals surface area contributed by atoms with Crippen molar-refractivity contribution in [1.29, 1.82) is 0 Å². The van der Waals surface area contributed by atoms with Crippen LogP contribution in [-0.4, -0.2) is 35.0 Å². The minimum Gasteiger partial charge on any atom is -0.402 e. The highest BCUT2D eigenvalue weighted by Crippen LogP contribution is 2.33. The van der Waals surface area contributed by atoms with E-state index in [4.69, 9.17) is 4.98 Å². The fraction of sp³-hybridized carbons (Fsp3) is 0.323. The van der Waals surface area contributed by atoms with E-state index >= 15 is 0 Å². The van der Waals surface area contributed by atoms with E-state index in [1.54, 1.807) is 11.3 Å². The fourth-order valence-electron chi connectivity index (χ4n) is 4.58. The fourth-order valence-corrected chi connectivity index (χ4v) is 5.33. The van der Waals surface area contributed by atoms with Crippen LogP contribution in [0.4, 0.5) is 5.13 Å². The lowest BCUT2D eigenvalue weighted by Gasteiger charge is -2.22. The Hall–Kier alpha value is -3.65. The van der Waals surface area contributed by atoms with E-state index in [-0.39, 0.29) is 5.91 Å². The summed E-state index contributed by atoms with van der Waals surface area (Å²) in [5, 5.41) is 9.47. The second-order valence-electron chi connectivity index (χ2n) is 10.1. The second kappa shape index (κ2) is 12.5. The van der Waals surface area contributed by atoms with E-state index in [0.29, 0.717) is 18.0 Å². The zero-order chi connectivity index (χ0) is 27.2. The van der Waals surface area contributed by atoms with Crippen molar-refractivity contribution in [3.05, 3.63) is 89.4 Å². The quantitative estimate of drug-likeness (QED) is 0.146. The first kappa shape index (κ1) is 26.9. The number of amides is 1. The van der Waals surface area contributed by atoms with Gasteiger partial charge in [0.1, 0.15) is 0 Å². The molecule has 5 rings (SSSR count). The summed E-state index contributed by atoms with van der Waals surface area (Å²) in [6.45, 7) is 8.82. The summed E-state index contributed by atoms with van der Waals surface area (Å²) < 4.78 is 1.88. The van der Waals surface area contributed by atoms with Crippen LogP contribution in [0.25, 0.3) is 16.8 Å². The number of nitrogens with zero attached hydrogens (tertiary/aromatic N) is 3. The average molecular weight is 537 g/mol. The number of hydrogen-bond acceptors (Lipinski definition) is 5. The Bertz CT molecular complexity index is 1440. The van der Waals surface area contributed by atoms with Crippen LogP contribution in [0, 0.1) is 5.92 Å². The summed E-state index contributed by atoms with van der Waals surface area (Å²) in [7, 11) is 1.91. The molecular formula is C31H35BN5OS. The minimum absolute atomic E-state index is 0.0788. The molecule has 0 bridgehead atoms. The number of carbonyl (C=O) groups excluding carboxylic acids is 1. The molecule has 0 unspecified atom stereocenters. The first-order valence-electron chi connectivity index (χ1n) is 13.8. The van der Waals surface area contributed by atoms with Crippen LogP contribution in [0.1, 0.15) is 61.4 Å². The first-order chi connectivity index (χ1) is 19.0. The number of rotatable bonds is 12. The van der Waals surface area contributed by atoms with Crippen molar-refractivity contribution < 1.29 is 4.79 Å². The molecule has 0 saturated heterocycles. The predicted octanol–water partition coefficient (Wildman–Crippen LogP) is 7.19. The molecule has 39 heavy (non-hydrogen) atoms. The number of aliphatic imine (C=N–C) groups is 1. The monoisotopic (exact) mass is 536 g/mol. The zero-order valence-corrected chi connectivity index (χ0v) is 23.6. The lowest BCUT2D eigenvalue weighted by Crippen LogP contribution is -2.29. The van der Waals surface area contributed by atoms with E-state index in [0.717, 1.165) is 52.5 Å². The van der Waals surface area contributed by atoms with Gasteiger partial charge in [-0.05, 0) is 85.6 Å². The van der Waals surface area contributed by atoms with E-state index in [1.807, 2.05) is 55.5 Å². The molecule has 6 nitrogen and oxygen atoms in total. The topological polar surface area (TPSA) is 71.3 Å². The summed E-state index contributed by atoms with van der Waals surface area (Å²) in [5.74, 6) is 0.609. The Balaban J connectivity index is 1.23. The Morgan fingerprint density at radius 3 is 2.82 bits per heavy atom. The third-order valence-electron chi connectivity index (χ3n) is 7.30. The lowest BCUT2D eigenvalue weighted by atomic mass is 9.90. The van der Waals surface area contributed by atoms with Crippen LogP contribution in [0.15, 0.2) is 83.2 Å². The SMILES string of the molecule is C=C(/C=C\N=C(CC)C1CC1)c1cccc(-c2csc(NC(CNC(=O)c3ccn([B]C)c3)=C3CCC3)n2)c1. The van der Waals surface area contributed by atoms with Crippen molar-refractivity contribution in [3.63, 3.8) is 0 Å². The molecule has 1 amide bonds. The summed E-state index contributed by atoms with van der Waals surface area (Å²) in [5.41, 5.74) is 8.29. The molecule has 2 aliphatic rings. The van der Waals surface area contributed by atoms with Gasteiger partial charge in [0.25, 0.3) is 5.91 Å². The van der Waals surface area contributed by atoms with Gasteiger partial charge >= 0.3 is 0 Å². The van der Waals surface area contributed by atoms with Gasteiger partial charge in [-0.2, -0.15) is 0 Å². The van der Waals surface area contributed by atoms with Gasteiger partial charge in [0.15, 0.2) is 5.13 Å². The Morgan fingerprint density at radius 2 is 2.13 bits per heavy atom. The number of carbonyl (C=O) groups is 1. The maximum atomic E-state index is 12.7. The number of allylic oxidation sites excluding steroid dienone is 3. The van der Waals surface area contributed by atoms with Crippen molar-refractivity contribution in [2.45, 2.75) is 52.3 Å². The Kier molecular flexibility index (Phi) is 8.62. The molecule has 2 fully saturated rings. The Morgan fingerprint density at radius 1 is 1.28 bits per heavy atom. The number of anilines is 1. The van der Waals surface area contributed by atoms with E-state index in [9.17, 15) is 4.79 Å². The van der Waals surface area contributed by atoms with Gasteiger partial charge in [-0.3, -0.25) is 9.79 Å². The van der Waals surface area contributed by atoms with Gasteiger partial charge in [0.05, 0.1) is 17.8 Å². The summed E-state index contributed by atoms with van der Waals surface area (Å²) in [6.07, 6.45) is 14.4. The first-order valence-corrected chi connectivity index (χ1v) is 14.6. The van der Waals surface area contributed by atoms with Crippen LogP contribution in [-0.2, 0) is 0 Å². The molecule has 199 valence electrons. The maximum absolute atomic E-state index is 12.7. The van der Waals surface area contributed by atoms with Crippen LogP contribution >= 0.6 is 11.3 Å². The molecule has 2 aliphatic carbocycles. The van der Waals surface area contributed by atoms with Gasteiger partial charge in [0, 0.05) is 34.7 Å². The van der Waals surface area contributed by atoms with Gasteiger partial charge < -0.3 is 15.1 Å². The molecule has 2 aromatic heterocycles. The molecule has 8 heteroatoms. The standard InChI is InChI=1S/C31H35BN5OS/c1-4-27(23-11-12-23)33-15-13-21(2)24-9-6-10-25(17-24)29-20-39-31(36-29)35-28(22-7-5-8-22)18-34-30(38)26-14-16-37(19-26)32-3/h6,9-10,13-17,19-20,23H,2,4-5,7-8,11-12,18H2,1,3H3,(H,34,38)(H,35,36)/b15-13-,33-27?. The molecular weight excluding hydrogens is 501 g/mol. The largest absolute Gasteiger partial charge is 0.402 e. The molecule has 3 aromatic rings. The molecule has 0 spiro atoms. The van der Waals surface area contributed by atoms with Gasteiger partial charge in [0.2, 0.25) is 7.41 Å². The smallest absolute Gasteiger partial charge is 0.253 e. The number of nitrogens with one attached hydrogen (secondary N) is 2. The molecule has 0 aliphatic heterocycles. The zero-order valence-electron chi connectivity index (χ0n) is 22.7.